The summed E-state index contributed by atoms with van der Waals surface area (Å²) in [4.78, 5) is 11.7. The number of aliphatic hydroxyl groups excluding tert-OH is 2. The summed E-state index contributed by atoms with van der Waals surface area (Å²) in [5.74, 6) is -0.263. The number of benzene rings is 1. The van der Waals surface area contributed by atoms with Crippen molar-refractivity contribution in [2.45, 2.75) is 11.0 Å². The third kappa shape index (κ3) is 3.41. The number of nitrogen functional groups attached to an aromatic ring is 1. The van der Waals surface area contributed by atoms with Crippen LogP contribution in [-0.2, 0) is 0 Å². The Morgan fingerprint density at radius 3 is 2.75 bits per heavy atom. The molecule has 0 fully saturated rings. The van der Waals surface area contributed by atoms with Crippen LogP contribution in [0, 0.1) is 0 Å². The van der Waals surface area contributed by atoms with Crippen molar-refractivity contribution in [3.05, 3.63) is 23.8 Å². The molecule has 5 nitrogen and oxygen atoms in total. The Morgan fingerprint density at radius 1 is 1.50 bits per heavy atom. The Hall–Kier alpha value is -1.24. The number of thioether (sulfide) groups is 1. The average Bonchev–Trinajstić information content (AvgIpc) is 2.25. The van der Waals surface area contributed by atoms with Crippen molar-refractivity contribution in [2.75, 3.05) is 18.1 Å². The van der Waals surface area contributed by atoms with E-state index >= 15 is 0 Å². The molecule has 16 heavy (non-hydrogen) atoms. The fraction of sp³-hybridized carbons (Fsp3) is 0.300. The maximum Gasteiger partial charge on any atom is 0.249 e. The topological polar surface area (TPSA) is 110 Å². The van der Waals surface area contributed by atoms with Crippen LogP contribution in [0.3, 0.4) is 0 Å². The normalized spacial score (nSPS) is 12.4. The molecule has 88 valence electrons. The molecule has 6 N–H and O–H groups in total. The molecule has 0 saturated carbocycles. The van der Waals surface area contributed by atoms with E-state index in [2.05, 4.69) is 0 Å². The fourth-order valence-electron chi connectivity index (χ4n) is 1.10. The predicted molar refractivity (Wildman–Crippen MR) is 63.2 cm³/mol. The van der Waals surface area contributed by atoms with E-state index in [1.807, 2.05) is 0 Å². The number of nitrogens with two attached hydrogens (primary N) is 2. The maximum absolute atomic E-state index is 11.1. The van der Waals surface area contributed by atoms with Gasteiger partial charge in [0.2, 0.25) is 5.91 Å². The monoisotopic (exact) mass is 242 g/mol. The summed E-state index contributed by atoms with van der Waals surface area (Å²) in [5, 5.41) is 17.9. The molecule has 0 radical (unpaired) electrons. The summed E-state index contributed by atoms with van der Waals surface area (Å²) in [7, 11) is 0. The molecule has 0 bridgehead atoms. The molecule has 1 aromatic carbocycles. The largest absolute Gasteiger partial charge is 0.399 e. The summed E-state index contributed by atoms with van der Waals surface area (Å²) >= 11 is 1.23. The highest BCUT2D eigenvalue weighted by Crippen LogP contribution is 2.25. The second kappa shape index (κ2) is 5.74. The van der Waals surface area contributed by atoms with Gasteiger partial charge in [-0.15, -0.1) is 11.8 Å². The second-order valence-electron chi connectivity index (χ2n) is 3.27. The number of carbonyl (C=O) groups is 1. The lowest BCUT2D eigenvalue weighted by Gasteiger charge is -2.09. The number of carbonyl (C=O) groups excluding carboxylic acids is 1. The third-order valence-corrected chi connectivity index (χ3v) is 3.11. The molecule has 0 spiro atoms. The van der Waals surface area contributed by atoms with Crippen molar-refractivity contribution in [3.63, 3.8) is 0 Å². The third-order valence-electron chi connectivity index (χ3n) is 1.91. The first-order valence-corrected chi connectivity index (χ1v) is 5.64. The van der Waals surface area contributed by atoms with Gasteiger partial charge in [0.1, 0.15) is 0 Å². The Bertz CT molecular complexity index is 384. The van der Waals surface area contributed by atoms with Crippen molar-refractivity contribution in [2.24, 2.45) is 5.73 Å². The van der Waals surface area contributed by atoms with Crippen molar-refractivity contribution in [3.8, 4) is 0 Å². The van der Waals surface area contributed by atoms with Crippen molar-refractivity contribution in [1.82, 2.24) is 0 Å². The van der Waals surface area contributed by atoms with Crippen LogP contribution in [0.5, 0.6) is 0 Å². The van der Waals surface area contributed by atoms with Crippen LogP contribution in [0.1, 0.15) is 10.4 Å². The van der Waals surface area contributed by atoms with E-state index < -0.39 is 12.0 Å². The molecule has 0 aliphatic heterocycles. The summed E-state index contributed by atoms with van der Waals surface area (Å²) in [5.41, 5.74) is 11.7. The van der Waals surface area contributed by atoms with Gasteiger partial charge in [-0.25, -0.2) is 0 Å². The molecule has 1 atom stereocenters. The molecule has 1 amide bonds. The van der Waals surface area contributed by atoms with Gasteiger partial charge < -0.3 is 21.7 Å². The van der Waals surface area contributed by atoms with Crippen LogP contribution in [-0.4, -0.2) is 34.6 Å². The van der Waals surface area contributed by atoms with Gasteiger partial charge in [-0.05, 0) is 18.2 Å². The maximum atomic E-state index is 11.1. The van der Waals surface area contributed by atoms with E-state index in [9.17, 15) is 9.90 Å². The Balaban J connectivity index is 2.84. The minimum absolute atomic E-state index is 0.278. The Kier molecular flexibility index (Phi) is 4.60. The first kappa shape index (κ1) is 12.8. The lowest BCUT2D eigenvalue weighted by Crippen LogP contribution is -2.16. The van der Waals surface area contributed by atoms with E-state index in [4.69, 9.17) is 16.6 Å². The first-order chi connectivity index (χ1) is 7.54. The number of anilines is 1. The predicted octanol–water partition coefficient (Wildman–Crippen LogP) is -0.187. The number of amides is 1. The van der Waals surface area contributed by atoms with Crippen LogP contribution in [0.4, 0.5) is 5.69 Å². The van der Waals surface area contributed by atoms with Gasteiger partial charge in [0.25, 0.3) is 0 Å². The quantitative estimate of drug-likeness (QED) is 0.423. The molecule has 0 aliphatic rings. The lowest BCUT2D eigenvalue weighted by molar-refractivity contribution is 0.0997. The molecule has 0 saturated heterocycles. The molecule has 0 heterocycles. The minimum atomic E-state index is -0.827. The highest BCUT2D eigenvalue weighted by molar-refractivity contribution is 7.99. The number of primary amides is 1. The number of hydrogen-bond acceptors (Lipinski definition) is 5. The van der Waals surface area contributed by atoms with Crippen LogP contribution in [0.25, 0.3) is 0 Å². The highest BCUT2D eigenvalue weighted by Gasteiger charge is 2.11. The van der Waals surface area contributed by atoms with E-state index in [0.717, 1.165) is 0 Å². The van der Waals surface area contributed by atoms with E-state index in [1.54, 1.807) is 18.2 Å². The van der Waals surface area contributed by atoms with Gasteiger partial charge in [0.05, 0.1) is 18.3 Å². The van der Waals surface area contributed by atoms with Crippen LogP contribution < -0.4 is 11.5 Å². The zero-order valence-electron chi connectivity index (χ0n) is 8.59. The molecule has 1 unspecified atom stereocenters. The van der Waals surface area contributed by atoms with Gasteiger partial charge in [0, 0.05) is 16.3 Å². The van der Waals surface area contributed by atoms with Crippen molar-refractivity contribution < 1.29 is 15.0 Å². The van der Waals surface area contributed by atoms with Crippen LogP contribution in [0.2, 0.25) is 0 Å². The zero-order valence-corrected chi connectivity index (χ0v) is 9.41. The van der Waals surface area contributed by atoms with Crippen LogP contribution >= 0.6 is 11.8 Å². The number of hydrogen-bond donors (Lipinski definition) is 4. The zero-order chi connectivity index (χ0) is 12.1. The molecule has 1 rings (SSSR count). The van der Waals surface area contributed by atoms with Crippen LogP contribution in [0.15, 0.2) is 23.1 Å². The number of rotatable bonds is 5. The smallest absolute Gasteiger partial charge is 0.249 e. The summed E-state index contributed by atoms with van der Waals surface area (Å²) in [6.45, 7) is -0.318. The average molecular weight is 242 g/mol. The van der Waals surface area contributed by atoms with Gasteiger partial charge in [-0.2, -0.15) is 0 Å². The molecular weight excluding hydrogens is 228 g/mol. The Morgan fingerprint density at radius 2 is 2.19 bits per heavy atom. The standard InChI is InChI=1S/C10H14N2O3S/c11-6-1-2-8(10(12)15)9(3-6)16-5-7(14)4-13/h1-3,7,13-14H,4-5,11H2,(H2,12,15). The second-order valence-corrected chi connectivity index (χ2v) is 4.33. The van der Waals surface area contributed by atoms with Gasteiger partial charge in [0.15, 0.2) is 0 Å². The minimum Gasteiger partial charge on any atom is -0.399 e. The van der Waals surface area contributed by atoms with Gasteiger partial charge >= 0.3 is 0 Å². The lowest BCUT2D eigenvalue weighted by atomic mass is 10.2. The van der Waals surface area contributed by atoms with Gasteiger partial charge in [-0.3, -0.25) is 4.79 Å². The van der Waals surface area contributed by atoms with Gasteiger partial charge in [-0.1, -0.05) is 0 Å². The van der Waals surface area contributed by atoms with E-state index in [-0.39, 0.29) is 12.4 Å². The molecule has 6 heteroatoms. The first-order valence-electron chi connectivity index (χ1n) is 4.65. The SMILES string of the molecule is NC(=O)c1ccc(N)cc1SCC(O)CO. The summed E-state index contributed by atoms with van der Waals surface area (Å²) in [6, 6.07) is 4.76. The molecular formula is C10H14N2O3S. The van der Waals surface area contributed by atoms with Crippen molar-refractivity contribution in [1.29, 1.82) is 0 Å². The summed E-state index contributed by atoms with van der Waals surface area (Å²) in [6.07, 6.45) is -0.827. The summed E-state index contributed by atoms with van der Waals surface area (Å²) < 4.78 is 0. The van der Waals surface area contributed by atoms with E-state index in [1.165, 1.54) is 11.8 Å². The molecule has 0 aliphatic carbocycles. The highest BCUT2D eigenvalue weighted by atomic mass is 32.2. The number of aliphatic hydroxyl groups is 2. The van der Waals surface area contributed by atoms with Crippen molar-refractivity contribution >= 4 is 23.4 Å². The van der Waals surface area contributed by atoms with E-state index in [0.29, 0.717) is 16.1 Å². The molecule has 0 aromatic heterocycles. The molecule has 1 aromatic rings. The fourth-order valence-corrected chi connectivity index (χ4v) is 2.12. The Labute approximate surface area is 97.4 Å².